The Kier molecular flexibility index (Phi) is 3.55. The van der Waals surface area contributed by atoms with E-state index in [0.717, 1.165) is 16.9 Å². The van der Waals surface area contributed by atoms with E-state index in [0.29, 0.717) is 18.8 Å². The van der Waals surface area contributed by atoms with Crippen LogP contribution in [0, 0.1) is 0 Å². The molecular formula is C17H19NO3. The van der Waals surface area contributed by atoms with Crippen LogP contribution in [0.2, 0.25) is 0 Å². The molecule has 0 bridgehead atoms. The summed E-state index contributed by atoms with van der Waals surface area (Å²) in [5, 5.41) is 10.2. The molecule has 0 saturated heterocycles. The number of aliphatic hydroxyl groups is 1. The van der Waals surface area contributed by atoms with Gasteiger partial charge >= 0.3 is 0 Å². The Bertz CT molecular complexity index is 625. The zero-order valence-corrected chi connectivity index (χ0v) is 12.2. The first-order valence-electron chi connectivity index (χ1n) is 7.06. The number of aromatic nitrogens is 1. The third kappa shape index (κ3) is 3.16. The van der Waals surface area contributed by atoms with Crippen LogP contribution in [-0.2, 0) is 6.61 Å². The highest BCUT2D eigenvalue weighted by molar-refractivity contribution is 5.43. The van der Waals surface area contributed by atoms with Crippen LogP contribution in [0.25, 0.3) is 0 Å². The summed E-state index contributed by atoms with van der Waals surface area (Å²) in [4.78, 5) is 4.06. The summed E-state index contributed by atoms with van der Waals surface area (Å²) in [7, 11) is 0. The Morgan fingerprint density at radius 1 is 1.38 bits per heavy atom. The molecule has 4 nitrogen and oxygen atoms in total. The smallest absolute Gasteiger partial charge is 0.129 e. The summed E-state index contributed by atoms with van der Waals surface area (Å²) in [6, 6.07) is 9.42. The van der Waals surface area contributed by atoms with Gasteiger partial charge < -0.3 is 14.6 Å². The van der Waals surface area contributed by atoms with Gasteiger partial charge in [-0.1, -0.05) is 6.07 Å². The van der Waals surface area contributed by atoms with Crippen LogP contribution in [0.15, 0.2) is 42.7 Å². The molecule has 1 N–H and O–H groups in total. The van der Waals surface area contributed by atoms with E-state index in [4.69, 9.17) is 9.47 Å². The van der Waals surface area contributed by atoms with Gasteiger partial charge in [-0.25, -0.2) is 0 Å². The minimum atomic E-state index is -0.490. The number of ether oxygens (including phenoxy) is 2. The molecule has 21 heavy (non-hydrogen) atoms. The minimum Gasteiger partial charge on any atom is -0.489 e. The average Bonchev–Trinajstić information content (AvgIpc) is 2.44. The second kappa shape index (κ2) is 5.37. The van der Waals surface area contributed by atoms with Gasteiger partial charge in [0.25, 0.3) is 0 Å². The molecule has 2 heterocycles. The van der Waals surface area contributed by atoms with Crippen molar-refractivity contribution in [2.75, 3.05) is 0 Å². The van der Waals surface area contributed by atoms with Crippen LogP contribution in [0.4, 0.5) is 0 Å². The lowest BCUT2D eigenvalue weighted by Crippen LogP contribution is -2.34. The standard InChI is InChI=1S/C17H19NO3/c1-17(2)9-15(19)14-6-5-13(8-16(14)21-17)20-11-12-4-3-7-18-10-12/h3-8,10,15,19H,9,11H2,1-2H3. The number of hydrogen-bond donors (Lipinski definition) is 1. The molecule has 110 valence electrons. The van der Waals surface area contributed by atoms with Crippen LogP contribution in [0.3, 0.4) is 0 Å². The summed E-state index contributed by atoms with van der Waals surface area (Å²) in [6.45, 7) is 4.41. The SMILES string of the molecule is CC1(C)CC(O)c2ccc(OCc3cccnc3)cc2O1. The van der Waals surface area contributed by atoms with E-state index in [1.165, 1.54) is 0 Å². The van der Waals surface area contributed by atoms with Crippen molar-refractivity contribution >= 4 is 0 Å². The maximum atomic E-state index is 10.2. The van der Waals surface area contributed by atoms with Crippen LogP contribution >= 0.6 is 0 Å². The van der Waals surface area contributed by atoms with Crippen LogP contribution < -0.4 is 9.47 Å². The van der Waals surface area contributed by atoms with Crippen LogP contribution in [0.1, 0.15) is 37.5 Å². The fourth-order valence-electron chi connectivity index (χ4n) is 2.53. The molecule has 1 aromatic heterocycles. The van der Waals surface area contributed by atoms with Crippen molar-refractivity contribution in [1.82, 2.24) is 4.98 Å². The lowest BCUT2D eigenvalue weighted by Gasteiger charge is -2.35. The molecule has 1 aromatic carbocycles. The van der Waals surface area contributed by atoms with Gasteiger partial charge in [0, 0.05) is 36.0 Å². The van der Waals surface area contributed by atoms with E-state index in [-0.39, 0.29) is 5.60 Å². The van der Waals surface area contributed by atoms with Gasteiger partial charge in [-0.15, -0.1) is 0 Å². The average molecular weight is 285 g/mol. The van der Waals surface area contributed by atoms with Crippen LogP contribution in [0.5, 0.6) is 11.5 Å². The van der Waals surface area contributed by atoms with Crippen LogP contribution in [-0.4, -0.2) is 15.7 Å². The van der Waals surface area contributed by atoms with E-state index >= 15 is 0 Å². The molecule has 0 aliphatic carbocycles. The van der Waals surface area contributed by atoms with E-state index in [1.807, 2.05) is 44.2 Å². The monoisotopic (exact) mass is 285 g/mol. The van der Waals surface area contributed by atoms with Gasteiger partial charge in [0.2, 0.25) is 0 Å². The minimum absolute atomic E-state index is 0.367. The zero-order valence-electron chi connectivity index (χ0n) is 12.2. The van der Waals surface area contributed by atoms with Crippen molar-refractivity contribution in [3.05, 3.63) is 53.9 Å². The van der Waals surface area contributed by atoms with E-state index in [9.17, 15) is 5.11 Å². The number of pyridine rings is 1. The number of fused-ring (bicyclic) bond motifs is 1. The third-order valence-electron chi connectivity index (χ3n) is 3.54. The second-order valence-corrected chi connectivity index (χ2v) is 5.93. The Labute approximate surface area is 124 Å². The predicted octanol–water partition coefficient (Wildman–Crippen LogP) is 3.26. The third-order valence-corrected chi connectivity index (χ3v) is 3.54. The molecule has 1 aliphatic heterocycles. The van der Waals surface area contributed by atoms with Gasteiger partial charge in [-0.2, -0.15) is 0 Å². The Morgan fingerprint density at radius 3 is 3.00 bits per heavy atom. The van der Waals surface area contributed by atoms with Gasteiger partial charge in [0.05, 0.1) is 6.10 Å². The van der Waals surface area contributed by atoms with Gasteiger partial charge in [-0.05, 0) is 32.0 Å². The van der Waals surface area contributed by atoms with Gasteiger partial charge in [0.1, 0.15) is 23.7 Å². The highest BCUT2D eigenvalue weighted by Gasteiger charge is 2.32. The maximum Gasteiger partial charge on any atom is 0.129 e. The normalized spacial score (nSPS) is 19.5. The summed E-state index contributed by atoms with van der Waals surface area (Å²) in [5.41, 5.74) is 1.47. The number of hydrogen-bond acceptors (Lipinski definition) is 4. The molecule has 1 aliphatic rings. The number of benzene rings is 1. The predicted molar refractivity (Wildman–Crippen MR) is 79.3 cm³/mol. The first-order chi connectivity index (χ1) is 10.0. The zero-order chi connectivity index (χ0) is 14.9. The summed E-state index contributed by atoms with van der Waals surface area (Å²) in [6.07, 6.45) is 3.62. The Morgan fingerprint density at radius 2 is 2.24 bits per heavy atom. The number of aliphatic hydroxyl groups excluding tert-OH is 1. The topological polar surface area (TPSA) is 51.6 Å². The first-order valence-corrected chi connectivity index (χ1v) is 7.06. The summed E-state index contributed by atoms with van der Waals surface area (Å²) >= 11 is 0. The van der Waals surface area contributed by atoms with E-state index in [1.54, 1.807) is 12.4 Å². The summed E-state index contributed by atoms with van der Waals surface area (Å²) < 4.78 is 11.7. The van der Waals surface area contributed by atoms with Crippen molar-refractivity contribution in [1.29, 1.82) is 0 Å². The molecule has 0 fully saturated rings. The van der Waals surface area contributed by atoms with Crippen molar-refractivity contribution < 1.29 is 14.6 Å². The largest absolute Gasteiger partial charge is 0.489 e. The van der Waals surface area contributed by atoms with Crippen molar-refractivity contribution in [3.63, 3.8) is 0 Å². The molecule has 1 atom stereocenters. The van der Waals surface area contributed by atoms with E-state index in [2.05, 4.69) is 4.98 Å². The molecule has 0 saturated carbocycles. The molecule has 4 heteroatoms. The highest BCUT2D eigenvalue weighted by atomic mass is 16.5. The number of nitrogens with zero attached hydrogens (tertiary/aromatic N) is 1. The molecular weight excluding hydrogens is 266 g/mol. The molecule has 2 aromatic rings. The molecule has 0 amide bonds. The molecule has 0 radical (unpaired) electrons. The van der Waals surface area contributed by atoms with Crippen molar-refractivity contribution in [3.8, 4) is 11.5 Å². The quantitative estimate of drug-likeness (QED) is 0.940. The van der Waals surface area contributed by atoms with Gasteiger partial charge in [0.15, 0.2) is 0 Å². The maximum absolute atomic E-state index is 10.2. The lowest BCUT2D eigenvalue weighted by atomic mass is 9.92. The number of rotatable bonds is 3. The van der Waals surface area contributed by atoms with Crippen molar-refractivity contribution in [2.45, 2.75) is 38.6 Å². The Hall–Kier alpha value is -2.07. The lowest BCUT2D eigenvalue weighted by molar-refractivity contribution is 0.0113. The Balaban J connectivity index is 1.77. The van der Waals surface area contributed by atoms with Gasteiger partial charge in [-0.3, -0.25) is 4.98 Å². The fourth-order valence-corrected chi connectivity index (χ4v) is 2.53. The highest BCUT2D eigenvalue weighted by Crippen LogP contribution is 2.41. The first kappa shape index (κ1) is 13.9. The molecule has 3 rings (SSSR count). The molecule has 1 unspecified atom stereocenters. The fraction of sp³-hybridized carbons (Fsp3) is 0.353. The second-order valence-electron chi connectivity index (χ2n) is 5.93. The van der Waals surface area contributed by atoms with Crippen molar-refractivity contribution in [2.24, 2.45) is 0 Å². The van der Waals surface area contributed by atoms with E-state index < -0.39 is 6.10 Å². The summed E-state index contributed by atoms with van der Waals surface area (Å²) in [5.74, 6) is 1.42. The molecule has 0 spiro atoms.